The van der Waals surface area contributed by atoms with E-state index in [1.54, 1.807) is 0 Å². The third-order valence-corrected chi connectivity index (χ3v) is 10.6. The molecule has 2 amide bonds. The Morgan fingerprint density at radius 1 is 1.16 bits per heavy atom. The van der Waals surface area contributed by atoms with Crippen LogP contribution in [-0.4, -0.2) is 24.8 Å². The summed E-state index contributed by atoms with van der Waals surface area (Å²) < 4.78 is 4.89. The standard InChI is InChI=1S/C26H43N3O3/c1-16(8-13-23(30)32-4)19-11-12-20-18-10-9-17-7-5-6-14-25(17,2)21(18)15-22(26(19,20)3)28-29-24(27)31/h16-21H,5-15H2,1-4H3,(H3,27,29,31)/b28-22+/t16-,17-,18?,19+,20?,21?,25-,26+/m0/s1. The minimum Gasteiger partial charge on any atom is -0.469 e. The second-order valence-corrected chi connectivity index (χ2v) is 11.7. The summed E-state index contributed by atoms with van der Waals surface area (Å²) in [5.41, 5.74) is 9.54. The second-order valence-electron chi connectivity index (χ2n) is 11.7. The molecule has 4 aliphatic rings. The minimum atomic E-state index is -0.585. The molecule has 32 heavy (non-hydrogen) atoms. The Balaban J connectivity index is 1.65. The average Bonchev–Trinajstić information content (AvgIpc) is 3.13. The van der Waals surface area contributed by atoms with E-state index in [1.807, 2.05) is 0 Å². The molecule has 3 unspecified atom stereocenters. The van der Waals surface area contributed by atoms with E-state index >= 15 is 0 Å². The molecule has 0 aromatic heterocycles. The SMILES string of the molecule is COC(=O)CC[C@H](C)[C@H]1CCC2C3CC[C@@H]4CCCC[C@]4(C)C3C/C(=N\NC(N)=O)[C@@]21C. The molecule has 0 bridgehead atoms. The van der Waals surface area contributed by atoms with Crippen molar-refractivity contribution >= 4 is 17.7 Å². The smallest absolute Gasteiger partial charge is 0.332 e. The van der Waals surface area contributed by atoms with Gasteiger partial charge in [0, 0.05) is 17.5 Å². The number of primary amides is 1. The topological polar surface area (TPSA) is 93.8 Å². The van der Waals surface area contributed by atoms with Crippen molar-refractivity contribution in [3.8, 4) is 0 Å². The molecule has 8 atom stereocenters. The molecule has 0 aromatic rings. The van der Waals surface area contributed by atoms with Crippen LogP contribution in [0.4, 0.5) is 4.79 Å². The van der Waals surface area contributed by atoms with Gasteiger partial charge in [0.25, 0.3) is 0 Å². The molecule has 0 spiro atoms. The Labute approximate surface area is 193 Å². The summed E-state index contributed by atoms with van der Waals surface area (Å²) in [6.07, 6.45) is 12.8. The maximum atomic E-state index is 11.8. The van der Waals surface area contributed by atoms with Crippen LogP contribution >= 0.6 is 0 Å². The highest BCUT2D eigenvalue weighted by molar-refractivity contribution is 5.93. The number of urea groups is 1. The summed E-state index contributed by atoms with van der Waals surface area (Å²) in [4.78, 5) is 23.4. The van der Waals surface area contributed by atoms with Gasteiger partial charge in [0.2, 0.25) is 0 Å². The third-order valence-electron chi connectivity index (χ3n) is 10.6. The quantitative estimate of drug-likeness (QED) is 0.446. The number of nitrogens with one attached hydrogen (secondary N) is 1. The number of methoxy groups -OCH3 is 1. The van der Waals surface area contributed by atoms with Gasteiger partial charge in [-0.05, 0) is 92.3 Å². The Hall–Kier alpha value is -1.59. The number of hydrazone groups is 1. The number of amides is 2. The highest BCUT2D eigenvalue weighted by atomic mass is 16.5. The highest BCUT2D eigenvalue weighted by Crippen LogP contribution is 2.67. The van der Waals surface area contributed by atoms with Crippen LogP contribution in [0, 0.1) is 46.3 Å². The zero-order valence-electron chi connectivity index (χ0n) is 20.5. The van der Waals surface area contributed by atoms with E-state index in [0.29, 0.717) is 35.5 Å². The predicted molar refractivity (Wildman–Crippen MR) is 126 cm³/mol. The number of ether oxygens (including phenoxy) is 1. The van der Waals surface area contributed by atoms with Gasteiger partial charge in [0.15, 0.2) is 0 Å². The van der Waals surface area contributed by atoms with Crippen LogP contribution in [0.1, 0.15) is 91.4 Å². The molecule has 3 N–H and O–H groups in total. The molecule has 0 radical (unpaired) electrons. The number of nitrogens with two attached hydrogens (primary N) is 1. The number of carbonyl (C=O) groups excluding carboxylic acids is 2. The van der Waals surface area contributed by atoms with E-state index in [0.717, 1.165) is 30.4 Å². The lowest BCUT2D eigenvalue weighted by atomic mass is 9.44. The van der Waals surface area contributed by atoms with Gasteiger partial charge < -0.3 is 10.5 Å². The Kier molecular flexibility index (Phi) is 6.61. The van der Waals surface area contributed by atoms with Gasteiger partial charge in [-0.3, -0.25) is 4.79 Å². The summed E-state index contributed by atoms with van der Waals surface area (Å²) in [5.74, 6) is 3.56. The van der Waals surface area contributed by atoms with Crippen molar-refractivity contribution in [1.29, 1.82) is 0 Å². The molecule has 0 aliphatic heterocycles. The van der Waals surface area contributed by atoms with Crippen LogP contribution < -0.4 is 11.2 Å². The number of esters is 1. The molecule has 4 fully saturated rings. The second kappa shape index (κ2) is 8.98. The fourth-order valence-corrected chi connectivity index (χ4v) is 8.90. The summed E-state index contributed by atoms with van der Waals surface area (Å²) >= 11 is 0. The van der Waals surface area contributed by atoms with Crippen LogP contribution in [-0.2, 0) is 9.53 Å². The van der Waals surface area contributed by atoms with Gasteiger partial charge in [-0.2, -0.15) is 5.10 Å². The summed E-state index contributed by atoms with van der Waals surface area (Å²) in [7, 11) is 1.46. The van der Waals surface area contributed by atoms with E-state index in [-0.39, 0.29) is 11.4 Å². The average molecular weight is 446 g/mol. The van der Waals surface area contributed by atoms with E-state index in [9.17, 15) is 9.59 Å². The van der Waals surface area contributed by atoms with Crippen molar-refractivity contribution < 1.29 is 14.3 Å². The molecule has 6 heteroatoms. The number of rotatable bonds is 5. The summed E-state index contributed by atoms with van der Waals surface area (Å²) in [5, 5.41) is 4.70. The van der Waals surface area contributed by atoms with Crippen molar-refractivity contribution in [1.82, 2.24) is 5.43 Å². The molecule has 4 aliphatic carbocycles. The van der Waals surface area contributed by atoms with Gasteiger partial charge in [-0.15, -0.1) is 0 Å². The van der Waals surface area contributed by atoms with Crippen molar-refractivity contribution in [3.05, 3.63) is 0 Å². The molecule has 0 aromatic carbocycles. The molecule has 6 nitrogen and oxygen atoms in total. The summed E-state index contributed by atoms with van der Waals surface area (Å²) in [6.45, 7) is 7.24. The van der Waals surface area contributed by atoms with Crippen LogP contribution in [0.15, 0.2) is 5.10 Å². The van der Waals surface area contributed by atoms with Gasteiger partial charge in [0.05, 0.1) is 7.11 Å². The Morgan fingerprint density at radius 3 is 2.66 bits per heavy atom. The first-order valence-corrected chi connectivity index (χ1v) is 12.9. The lowest BCUT2D eigenvalue weighted by Crippen LogP contribution is -2.57. The molecule has 0 saturated heterocycles. The maximum Gasteiger partial charge on any atom is 0.332 e. The fraction of sp³-hybridized carbons (Fsp3) is 0.885. The summed E-state index contributed by atoms with van der Waals surface area (Å²) in [6, 6.07) is -0.585. The number of fused-ring (bicyclic) bond motifs is 5. The lowest BCUT2D eigenvalue weighted by molar-refractivity contribution is -0.141. The maximum absolute atomic E-state index is 11.8. The van der Waals surface area contributed by atoms with E-state index in [1.165, 1.54) is 58.5 Å². The molecule has 4 saturated carbocycles. The van der Waals surface area contributed by atoms with Crippen LogP contribution in [0.5, 0.6) is 0 Å². The number of nitrogens with zero attached hydrogens (tertiary/aromatic N) is 1. The molecule has 4 rings (SSSR count). The normalized spacial score (nSPS) is 43.0. The predicted octanol–water partition coefficient (Wildman–Crippen LogP) is 5.26. The Morgan fingerprint density at radius 2 is 1.94 bits per heavy atom. The number of hydrogen-bond acceptors (Lipinski definition) is 4. The number of hydrogen-bond donors (Lipinski definition) is 2. The van der Waals surface area contributed by atoms with E-state index in [4.69, 9.17) is 15.6 Å². The van der Waals surface area contributed by atoms with Crippen molar-refractivity contribution in [3.63, 3.8) is 0 Å². The van der Waals surface area contributed by atoms with Crippen LogP contribution in [0.3, 0.4) is 0 Å². The van der Waals surface area contributed by atoms with Gasteiger partial charge in [0.1, 0.15) is 0 Å². The van der Waals surface area contributed by atoms with Crippen molar-refractivity contribution in [2.24, 2.45) is 57.2 Å². The monoisotopic (exact) mass is 445 g/mol. The van der Waals surface area contributed by atoms with Gasteiger partial charge >= 0.3 is 12.0 Å². The first-order chi connectivity index (χ1) is 15.2. The molecule has 0 heterocycles. The molecular formula is C26H43N3O3. The van der Waals surface area contributed by atoms with Crippen molar-refractivity contribution in [2.45, 2.75) is 91.4 Å². The van der Waals surface area contributed by atoms with Crippen LogP contribution in [0.2, 0.25) is 0 Å². The fourth-order valence-electron chi connectivity index (χ4n) is 8.90. The third kappa shape index (κ3) is 3.86. The van der Waals surface area contributed by atoms with Gasteiger partial charge in [-0.1, -0.05) is 33.6 Å². The molecule has 180 valence electrons. The first-order valence-electron chi connectivity index (χ1n) is 12.9. The number of carbonyl (C=O) groups is 2. The minimum absolute atomic E-state index is 0.0446. The van der Waals surface area contributed by atoms with Crippen molar-refractivity contribution in [2.75, 3.05) is 7.11 Å². The highest BCUT2D eigenvalue weighted by Gasteiger charge is 2.62. The zero-order valence-corrected chi connectivity index (χ0v) is 20.5. The van der Waals surface area contributed by atoms with E-state index < -0.39 is 6.03 Å². The largest absolute Gasteiger partial charge is 0.469 e. The molecular weight excluding hydrogens is 402 g/mol. The van der Waals surface area contributed by atoms with E-state index in [2.05, 4.69) is 26.2 Å². The van der Waals surface area contributed by atoms with Gasteiger partial charge in [-0.25, -0.2) is 10.2 Å². The Bertz CT molecular complexity index is 767. The zero-order chi connectivity index (χ0) is 23.1. The van der Waals surface area contributed by atoms with Crippen LogP contribution in [0.25, 0.3) is 0 Å². The first kappa shape index (κ1) is 23.6. The lowest BCUT2D eigenvalue weighted by Gasteiger charge is -2.61.